The summed E-state index contributed by atoms with van der Waals surface area (Å²) < 4.78 is 20.0. The second kappa shape index (κ2) is 9.30. The minimum absolute atomic E-state index is 0.187. The van der Waals surface area contributed by atoms with E-state index in [2.05, 4.69) is 28.1 Å². The Labute approximate surface area is 203 Å². The molecule has 2 aromatic carbocycles. The standard InChI is InChI=1S/C26H29FN4O4/c1-16-17(4-3-5-23(16)35-2)14-29-8-10-30(11-9-29)22-13-18(27)12-19-20(22)15-31(26(19)34)21-6-7-24(32)28-25(21)33/h3-5,12-13,21H,6-11,14-15H2,1-2H3,(H,28,32,33). The van der Waals surface area contributed by atoms with Crippen molar-refractivity contribution in [3.05, 3.63) is 58.4 Å². The molecule has 3 aliphatic heterocycles. The van der Waals surface area contributed by atoms with Crippen molar-refractivity contribution in [3.63, 3.8) is 0 Å². The highest BCUT2D eigenvalue weighted by Crippen LogP contribution is 2.35. The molecule has 3 aliphatic rings. The fourth-order valence-corrected chi connectivity index (χ4v) is 5.33. The quantitative estimate of drug-likeness (QED) is 0.661. The maximum atomic E-state index is 14.6. The predicted molar refractivity (Wildman–Crippen MR) is 128 cm³/mol. The molecule has 3 heterocycles. The average Bonchev–Trinajstić information content (AvgIpc) is 3.16. The molecule has 0 radical (unpaired) electrons. The molecular formula is C26H29FN4O4. The van der Waals surface area contributed by atoms with Crippen LogP contribution in [0.15, 0.2) is 30.3 Å². The number of hydrogen-bond donors (Lipinski definition) is 1. The van der Waals surface area contributed by atoms with Crippen LogP contribution >= 0.6 is 0 Å². The molecule has 184 valence electrons. The molecule has 5 rings (SSSR count). The smallest absolute Gasteiger partial charge is 0.255 e. The van der Waals surface area contributed by atoms with Gasteiger partial charge in [0.15, 0.2) is 0 Å². The Morgan fingerprint density at radius 3 is 2.60 bits per heavy atom. The lowest BCUT2D eigenvalue weighted by molar-refractivity contribution is -0.136. The summed E-state index contributed by atoms with van der Waals surface area (Å²) in [6.07, 6.45) is 0.469. The van der Waals surface area contributed by atoms with Crippen LogP contribution in [0, 0.1) is 12.7 Å². The monoisotopic (exact) mass is 480 g/mol. The van der Waals surface area contributed by atoms with Gasteiger partial charge in [0.2, 0.25) is 11.8 Å². The number of benzene rings is 2. The van der Waals surface area contributed by atoms with Crippen LogP contribution in [0.25, 0.3) is 0 Å². The first-order valence-corrected chi connectivity index (χ1v) is 11.9. The van der Waals surface area contributed by atoms with E-state index < -0.39 is 17.8 Å². The molecule has 0 bridgehead atoms. The van der Waals surface area contributed by atoms with Crippen LogP contribution < -0.4 is 15.0 Å². The van der Waals surface area contributed by atoms with Crippen molar-refractivity contribution >= 4 is 23.4 Å². The van der Waals surface area contributed by atoms with E-state index in [1.165, 1.54) is 22.6 Å². The number of nitrogens with one attached hydrogen (secondary N) is 1. The normalized spacial score (nSPS) is 20.8. The fraction of sp³-hybridized carbons (Fsp3) is 0.423. The van der Waals surface area contributed by atoms with Gasteiger partial charge >= 0.3 is 0 Å². The van der Waals surface area contributed by atoms with Gasteiger partial charge in [0.05, 0.1) is 7.11 Å². The number of piperazine rings is 1. The minimum atomic E-state index is -0.716. The van der Waals surface area contributed by atoms with Crippen molar-refractivity contribution in [1.29, 1.82) is 0 Å². The number of carbonyl (C=O) groups excluding carboxylic acids is 3. The zero-order chi connectivity index (χ0) is 24.7. The van der Waals surface area contributed by atoms with Crippen molar-refractivity contribution in [2.24, 2.45) is 0 Å². The van der Waals surface area contributed by atoms with Gasteiger partial charge in [-0.15, -0.1) is 0 Å². The number of piperidine rings is 1. The van der Waals surface area contributed by atoms with E-state index in [9.17, 15) is 18.8 Å². The molecule has 8 nitrogen and oxygen atoms in total. The zero-order valence-electron chi connectivity index (χ0n) is 20.0. The molecule has 1 unspecified atom stereocenters. The first-order valence-electron chi connectivity index (χ1n) is 11.9. The van der Waals surface area contributed by atoms with Gasteiger partial charge in [-0.2, -0.15) is 0 Å². The van der Waals surface area contributed by atoms with E-state index in [-0.39, 0.29) is 31.2 Å². The lowest BCUT2D eigenvalue weighted by Gasteiger charge is -2.37. The van der Waals surface area contributed by atoms with Crippen molar-refractivity contribution in [1.82, 2.24) is 15.1 Å². The third-order valence-corrected chi connectivity index (χ3v) is 7.32. The number of hydrogen-bond acceptors (Lipinski definition) is 6. The van der Waals surface area contributed by atoms with Gasteiger partial charge < -0.3 is 14.5 Å². The van der Waals surface area contributed by atoms with Crippen molar-refractivity contribution in [2.45, 2.75) is 38.9 Å². The van der Waals surface area contributed by atoms with Crippen LogP contribution in [-0.4, -0.2) is 66.9 Å². The van der Waals surface area contributed by atoms with Crippen LogP contribution in [-0.2, 0) is 22.7 Å². The van der Waals surface area contributed by atoms with Gasteiger partial charge in [-0.3, -0.25) is 24.6 Å². The first-order chi connectivity index (χ1) is 16.9. The second-order valence-electron chi connectivity index (χ2n) is 9.36. The van der Waals surface area contributed by atoms with Crippen LogP contribution in [0.3, 0.4) is 0 Å². The molecule has 1 N–H and O–H groups in total. The number of fused-ring (bicyclic) bond motifs is 1. The molecule has 9 heteroatoms. The number of anilines is 1. The number of nitrogens with zero attached hydrogens (tertiary/aromatic N) is 3. The van der Waals surface area contributed by atoms with Gasteiger partial charge in [-0.1, -0.05) is 12.1 Å². The maximum absolute atomic E-state index is 14.6. The predicted octanol–water partition coefficient (Wildman–Crippen LogP) is 2.23. The zero-order valence-corrected chi connectivity index (χ0v) is 20.0. The van der Waals surface area contributed by atoms with Gasteiger partial charge in [0.25, 0.3) is 5.91 Å². The molecule has 2 aromatic rings. The van der Waals surface area contributed by atoms with Crippen LogP contribution in [0.2, 0.25) is 0 Å². The Hall–Kier alpha value is -3.46. The van der Waals surface area contributed by atoms with Crippen molar-refractivity contribution < 1.29 is 23.5 Å². The van der Waals surface area contributed by atoms with Crippen molar-refractivity contribution in [2.75, 3.05) is 38.2 Å². The molecule has 0 spiro atoms. The highest BCUT2D eigenvalue weighted by Gasteiger charge is 2.41. The molecule has 2 fully saturated rings. The summed E-state index contributed by atoms with van der Waals surface area (Å²) in [5.41, 5.74) is 4.11. The minimum Gasteiger partial charge on any atom is -0.496 e. The van der Waals surface area contributed by atoms with Gasteiger partial charge in [-0.05, 0) is 42.7 Å². The number of ether oxygens (including phenoxy) is 1. The van der Waals surface area contributed by atoms with E-state index in [0.717, 1.165) is 36.5 Å². The number of amides is 3. The molecular weight excluding hydrogens is 451 g/mol. The summed E-state index contributed by atoms with van der Waals surface area (Å²) in [7, 11) is 1.67. The Morgan fingerprint density at radius 1 is 1.11 bits per heavy atom. The van der Waals surface area contributed by atoms with E-state index >= 15 is 0 Å². The highest BCUT2D eigenvalue weighted by molar-refractivity contribution is 6.06. The molecule has 2 saturated heterocycles. The summed E-state index contributed by atoms with van der Waals surface area (Å²) in [6, 6.07) is 8.10. The molecule has 0 aliphatic carbocycles. The van der Waals surface area contributed by atoms with E-state index in [1.807, 2.05) is 12.1 Å². The molecule has 0 aromatic heterocycles. The number of imide groups is 1. The largest absolute Gasteiger partial charge is 0.496 e. The summed E-state index contributed by atoms with van der Waals surface area (Å²) in [4.78, 5) is 43.0. The topological polar surface area (TPSA) is 82.2 Å². The lowest BCUT2D eigenvalue weighted by Crippen LogP contribution is -2.52. The number of rotatable bonds is 5. The third kappa shape index (κ3) is 4.36. The third-order valence-electron chi connectivity index (χ3n) is 7.32. The summed E-state index contributed by atoms with van der Waals surface area (Å²) in [5.74, 6) is -0.745. The Morgan fingerprint density at radius 2 is 1.89 bits per heavy atom. The molecule has 3 amide bonds. The molecule has 35 heavy (non-hydrogen) atoms. The summed E-state index contributed by atoms with van der Waals surface area (Å²) >= 11 is 0. The van der Waals surface area contributed by atoms with Crippen LogP contribution in [0.5, 0.6) is 5.75 Å². The van der Waals surface area contributed by atoms with Gasteiger partial charge in [-0.25, -0.2) is 4.39 Å². The Bertz CT molecular complexity index is 1190. The van der Waals surface area contributed by atoms with Crippen molar-refractivity contribution in [3.8, 4) is 5.75 Å². The molecule has 1 atom stereocenters. The lowest BCUT2D eigenvalue weighted by atomic mass is 10.0. The number of halogens is 1. The molecule has 0 saturated carbocycles. The van der Waals surface area contributed by atoms with Crippen LogP contribution in [0.1, 0.15) is 39.9 Å². The number of methoxy groups -OCH3 is 1. The Kier molecular flexibility index (Phi) is 6.19. The SMILES string of the molecule is COc1cccc(CN2CCN(c3cc(F)cc4c3CN(C3CCC(=O)NC3=O)C4=O)CC2)c1C. The Balaban J connectivity index is 1.31. The van der Waals surface area contributed by atoms with E-state index in [0.29, 0.717) is 24.3 Å². The van der Waals surface area contributed by atoms with Gasteiger partial charge in [0.1, 0.15) is 17.6 Å². The first kappa shape index (κ1) is 23.3. The maximum Gasteiger partial charge on any atom is 0.255 e. The second-order valence-corrected chi connectivity index (χ2v) is 9.36. The van der Waals surface area contributed by atoms with E-state index in [4.69, 9.17) is 4.74 Å². The summed E-state index contributed by atoms with van der Waals surface area (Å²) in [6.45, 7) is 6.10. The van der Waals surface area contributed by atoms with E-state index in [1.54, 1.807) is 7.11 Å². The number of carbonyl (C=O) groups is 3. The fourth-order valence-electron chi connectivity index (χ4n) is 5.33. The van der Waals surface area contributed by atoms with Gasteiger partial charge in [0, 0.05) is 62.5 Å². The summed E-state index contributed by atoms with van der Waals surface area (Å²) in [5, 5.41) is 2.31. The van der Waals surface area contributed by atoms with Crippen LogP contribution in [0.4, 0.5) is 10.1 Å². The average molecular weight is 481 g/mol. The highest BCUT2D eigenvalue weighted by atomic mass is 19.1.